The zero-order valence-electron chi connectivity index (χ0n) is 7.92. The third kappa shape index (κ3) is 3.17. The summed E-state index contributed by atoms with van der Waals surface area (Å²) < 4.78 is 0. The molecule has 0 fully saturated rings. The van der Waals surface area contributed by atoms with Crippen LogP contribution in [0.25, 0.3) is 10.4 Å². The summed E-state index contributed by atoms with van der Waals surface area (Å²) in [4.78, 5) is 12.5. The molecule has 0 amide bonds. The van der Waals surface area contributed by atoms with Crippen LogP contribution in [0.4, 0.5) is 5.69 Å². The van der Waals surface area contributed by atoms with Gasteiger partial charge in [-0.05, 0) is 11.6 Å². The van der Waals surface area contributed by atoms with Crippen molar-refractivity contribution in [1.29, 1.82) is 0 Å². The van der Waals surface area contributed by atoms with Crippen LogP contribution in [0.5, 0.6) is 0 Å². The fourth-order valence-corrected chi connectivity index (χ4v) is 1.09. The topological polar surface area (TPSA) is 91.9 Å². The second-order valence-corrected chi connectivity index (χ2v) is 3.02. The van der Waals surface area contributed by atoms with Crippen LogP contribution >= 0.6 is 11.6 Å². The fraction of sp³-hybridized carbons (Fsp3) is 0.111. The highest BCUT2D eigenvalue weighted by molar-refractivity contribution is 6.31. The van der Waals surface area contributed by atoms with Crippen molar-refractivity contribution in [1.82, 2.24) is 0 Å². The maximum atomic E-state index is 10.5. The number of nitro groups is 1. The monoisotopic (exact) mass is 236 g/mol. The molecule has 1 rings (SSSR count). The zero-order chi connectivity index (χ0) is 12.0. The van der Waals surface area contributed by atoms with Gasteiger partial charge in [-0.15, -0.1) is 0 Å². The highest BCUT2D eigenvalue weighted by Crippen LogP contribution is 2.20. The number of hydrogen-bond acceptors (Lipinski definition) is 3. The minimum absolute atomic E-state index is 0.00444. The molecule has 0 aliphatic carbocycles. The van der Waals surface area contributed by atoms with Gasteiger partial charge in [0.1, 0.15) is 0 Å². The van der Waals surface area contributed by atoms with Crippen molar-refractivity contribution in [2.75, 3.05) is 6.54 Å². The molecule has 0 heterocycles. The lowest BCUT2D eigenvalue weighted by atomic mass is 10.2. The number of hydrogen-bond donors (Lipinski definition) is 0. The SMILES string of the molecule is [N-]=[N+]=NCC#Cc1cc([N+](=O)[O-])ccc1Cl. The molecule has 0 aromatic heterocycles. The summed E-state index contributed by atoms with van der Waals surface area (Å²) in [5.41, 5.74) is 8.26. The highest BCUT2D eigenvalue weighted by Gasteiger charge is 2.07. The van der Waals surface area contributed by atoms with Crippen molar-refractivity contribution in [2.45, 2.75) is 0 Å². The molecule has 80 valence electrons. The lowest BCUT2D eigenvalue weighted by Crippen LogP contribution is -1.89. The number of nitro benzene ring substituents is 1. The first-order chi connectivity index (χ1) is 7.65. The van der Waals surface area contributed by atoms with Gasteiger partial charge >= 0.3 is 0 Å². The molecule has 0 atom stereocenters. The van der Waals surface area contributed by atoms with Gasteiger partial charge in [-0.2, -0.15) is 0 Å². The Balaban J connectivity index is 3.01. The summed E-state index contributed by atoms with van der Waals surface area (Å²) in [6, 6.07) is 3.96. The van der Waals surface area contributed by atoms with Crippen LogP contribution in [0.1, 0.15) is 5.56 Å². The molecular weight excluding hydrogens is 232 g/mol. The highest BCUT2D eigenvalue weighted by atomic mass is 35.5. The Morgan fingerprint density at radius 3 is 3.00 bits per heavy atom. The van der Waals surface area contributed by atoms with E-state index in [1.54, 1.807) is 0 Å². The maximum Gasteiger partial charge on any atom is 0.270 e. The molecule has 0 bridgehead atoms. The molecule has 1 aromatic carbocycles. The molecular formula is C9H5ClN4O2. The van der Waals surface area contributed by atoms with E-state index in [2.05, 4.69) is 21.9 Å². The molecule has 0 saturated carbocycles. The Hall–Kier alpha value is -2.22. The molecule has 6 nitrogen and oxygen atoms in total. The van der Waals surface area contributed by atoms with Gasteiger partial charge in [0.05, 0.1) is 16.5 Å². The van der Waals surface area contributed by atoms with Crippen molar-refractivity contribution in [3.63, 3.8) is 0 Å². The minimum atomic E-state index is -0.533. The van der Waals surface area contributed by atoms with Crippen molar-refractivity contribution in [2.24, 2.45) is 5.11 Å². The minimum Gasteiger partial charge on any atom is -0.258 e. The van der Waals surface area contributed by atoms with Crippen molar-refractivity contribution in [3.8, 4) is 11.8 Å². The Kier molecular flexibility index (Phi) is 4.16. The standard InChI is InChI=1S/C9H5ClN4O2/c10-9-4-3-8(14(15)16)6-7(9)2-1-5-12-13-11/h3-4,6H,5H2. The predicted octanol–water partition coefficient (Wildman–Crippen LogP) is 2.91. The second kappa shape index (κ2) is 5.61. The Morgan fingerprint density at radius 2 is 2.38 bits per heavy atom. The van der Waals surface area contributed by atoms with E-state index in [1.807, 2.05) is 0 Å². The van der Waals surface area contributed by atoms with Crippen molar-refractivity contribution < 1.29 is 4.92 Å². The average Bonchev–Trinajstić information content (AvgIpc) is 2.26. The first kappa shape index (κ1) is 11.9. The lowest BCUT2D eigenvalue weighted by Gasteiger charge is -1.95. The van der Waals surface area contributed by atoms with Gasteiger partial charge in [-0.25, -0.2) is 0 Å². The number of non-ortho nitro benzene ring substituents is 1. The third-order valence-corrected chi connectivity index (χ3v) is 1.93. The summed E-state index contributed by atoms with van der Waals surface area (Å²) in [6.07, 6.45) is 0. The Bertz CT molecular complexity index is 526. The quantitative estimate of drug-likeness (QED) is 0.197. The largest absolute Gasteiger partial charge is 0.270 e. The lowest BCUT2D eigenvalue weighted by molar-refractivity contribution is -0.384. The van der Waals surface area contributed by atoms with Gasteiger partial charge in [-0.1, -0.05) is 28.6 Å². The molecule has 0 saturated heterocycles. The smallest absolute Gasteiger partial charge is 0.258 e. The first-order valence-electron chi connectivity index (χ1n) is 4.09. The third-order valence-electron chi connectivity index (χ3n) is 1.60. The van der Waals surface area contributed by atoms with Gasteiger partial charge in [0.25, 0.3) is 5.69 Å². The van der Waals surface area contributed by atoms with Crippen LogP contribution in [-0.4, -0.2) is 11.5 Å². The normalized spacial score (nSPS) is 8.56. The van der Waals surface area contributed by atoms with Crippen LogP contribution in [0, 0.1) is 22.0 Å². The molecule has 0 aliphatic heterocycles. The molecule has 0 spiro atoms. The van der Waals surface area contributed by atoms with E-state index in [1.165, 1.54) is 18.2 Å². The molecule has 1 aromatic rings. The van der Waals surface area contributed by atoms with E-state index < -0.39 is 4.92 Å². The van der Waals surface area contributed by atoms with Crippen LogP contribution < -0.4 is 0 Å². The van der Waals surface area contributed by atoms with Crippen molar-refractivity contribution >= 4 is 17.3 Å². The number of rotatable bonds is 2. The fourth-order valence-electron chi connectivity index (χ4n) is 0.924. The van der Waals surface area contributed by atoms with E-state index in [9.17, 15) is 10.1 Å². The van der Waals surface area contributed by atoms with Crippen LogP contribution in [-0.2, 0) is 0 Å². The predicted molar refractivity (Wildman–Crippen MR) is 59.0 cm³/mol. The van der Waals surface area contributed by atoms with Crippen LogP contribution in [0.2, 0.25) is 5.02 Å². The number of nitrogens with zero attached hydrogens (tertiary/aromatic N) is 4. The van der Waals surface area contributed by atoms with E-state index in [-0.39, 0.29) is 12.2 Å². The molecule has 7 heteroatoms. The van der Waals surface area contributed by atoms with Crippen LogP contribution in [0.15, 0.2) is 23.3 Å². The summed E-state index contributed by atoms with van der Waals surface area (Å²) in [6.45, 7) is -0.00444. The van der Waals surface area contributed by atoms with Gasteiger partial charge < -0.3 is 0 Å². The second-order valence-electron chi connectivity index (χ2n) is 2.61. The summed E-state index contributed by atoms with van der Waals surface area (Å²) in [5.74, 6) is 5.12. The first-order valence-corrected chi connectivity index (χ1v) is 4.46. The maximum absolute atomic E-state index is 10.5. The van der Waals surface area contributed by atoms with E-state index in [4.69, 9.17) is 17.1 Å². The van der Waals surface area contributed by atoms with Gasteiger partial charge in [0, 0.05) is 22.6 Å². The Morgan fingerprint density at radius 1 is 1.62 bits per heavy atom. The van der Waals surface area contributed by atoms with Crippen molar-refractivity contribution in [3.05, 3.63) is 49.3 Å². The summed E-state index contributed by atoms with van der Waals surface area (Å²) >= 11 is 5.79. The number of azide groups is 1. The molecule has 0 N–H and O–H groups in total. The Labute approximate surface area is 95.6 Å². The molecule has 0 unspecified atom stereocenters. The number of benzene rings is 1. The van der Waals surface area contributed by atoms with Gasteiger partial charge in [0.15, 0.2) is 0 Å². The number of halogens is 1. The van der Waals surface area contributed by atoms with Crippen LogP contribution in [0.3, 0.4) is 0 Å². The zero-order valence-corrected chi connectivity index (χ0v) is 8.68. The van der Waals surface area contributed by atoms with E-state index in [0.717, 1.165) is 0 Å². The van der Waals surface area contributed by atoms with E-state index in [0.29, 0.717) is 10.6 Å². The summed E-state index contributed by atoms with van der Waals surface area (Å²) in [5, 5.41) is 14.0. The van der Waals surface area contributed by atoms with Gasteiger partial charge in [-0.3, -0.25) is 10.1 Å². The van der Waals surface area contributed by atoms with Gasteiger partial charge in [0.2, 0.25) is 0 Å². The molecule has 16 heavy (non-hydrogen) atoms. The van der Waals surface area contributed by atoms with E-state index >= 15 is 0 Å². The molecule has 0 radical (unpaired) electrons. The molecule has 0 aliphatic rings. The summed E-state index contributed by atoms with van der Waals surface area (Å²) in [7, 11) is 0. The average molecular weight is 237 g/mol.